The van der Waals surface area contributed by atoms with Gasteiger partial charge in [0.25, 0.3) is 5.91 Å². The number of ether oxygens (including phenoxy) is 2. The van der Waals surface area contributed by atoms with Crippen LogP contribution in [0.5, 0.6) is 11.5 Å². The number of carbonyl (C=O) groups is 3. The lowest BCUT2D eigenvalue weighted by molar-refractivity contribution is -0.134. The third kappa shape index (κ3) is 4.86. The number of halogens is 1. The number of rotatable bonds is 6. The van der Waals surface area contributed by atoms with Gasteiger partial charge in [-0.3, -0.25) is 19.2 Å². The van der Waals surface area contributed by atoms with E-state index in [1.54, 1.807) is 36.4 Å². The summed E-state index contributed by atoms with van der Waals surface area (Å²) in [5.74, 6) is -1.13. The Morgan fingerprint density at radius 3 is 2.50 bits per heavy atom. The monoisotopic (exact) mass is 643 g/mol. The molecule has 4 heterocycles. The molecule has 3 aliphatic rings. The maximum absolute atomic E-state index is 13.9. The Balaban J connectivity index is 1.32. The van der Waals surface area contributed by atoms with Crippen LogP contribution in [0.2, 0.25) is 0 Å². The molecule has 3 aromatic rings. The standard InChI is InChI=1S/C28H26BrN3O6S2/c1-37-19-13-15(5-10-18(19)38-14-20(33)31-11-3-2-4-12-31)21-22-24(39-25-23(21)40-28(36)30-25)27(35)32(26(22)34)17-8-6-16(29)7-9-17/h5-10,13,21-22,24H,2-4,11-12,14H2,1H3,(H,30,36)/t21-,22-,24+/m0/s1. The molecule has 2 aromatic carbocycles. The second-order valence-electron chi connectivity index (χ2n) is 9.88. The molecule has 0 bridgehead atoms. The molecule has 0 unspecified atom stereocenters. The highest BCUT2D eigenvalue weighted by molar-refractivity contribution is 9.10. The maximum Gasteiger partial charge on any atom is 0.305 e. The van der Waals surface area contributed by atoms with Crippen LogP contribution in [0.1, 0.15) is 35.6 Å². The van der Waals surface area contributed by atoms with Crippen molar-refractivity contribution in [3.63, 3.8) is 0 Å². The minimum absolute atomic E-state index is 0.0668. The Labute approximate surface area is 247 Å². The molecule has 12 heteroatoms. The van der Waals surface area contributed by atoms with Gasteiger partial charge in [0.2, 0.25) is 11.8 Å². The molecule has 3 aliphatic heterocycles. The van der Waals surface area contributed by atoms with Crippen LogP contribution < -0.4 is 19.2 Å². The Hall–Kier alpha value is -3.09. The fraction of sp³-hybridized carbons (Fsp3) is 0.357. The summed E-state index contributed by atoms with van der Waals surface area (Å²) in [6.07, 6.45) is 3.13. The van der Waals surface area contributed by atoms with Crippen LogP contribution in [-0.4, -0.2) is 59.7 Å². The van der Waals surface area contributed by atoms with E-state index in [1.807, 2.05) is 11.0 Å². The van der Waals surface area contributed by atoms with Crippen LogP contribution in [0.15, 0.2) is 56.8 Å². The summed E-state index contributed by atoms with van der Waals surface area (Å²) in [5, 5.41) is -0.0885. The topological polar surface area (TPSA) is 109 Å². The molecular weight excluding hydrogens is 618 g/mol. The van der Waals surface area contributed by atoms with Crippen molar-refractivity contribution in [2.24, 2.45) is 5.92 Å². The van der Waals surface area contributed by atoms with E-state index >= 15 is 0 Å². The molecule has 0 radical (unpaired) electrons. The fourth-order valence-corrected chi connectivity index (χ4v) is 8.37. The molecule has 6 rings (SSSR count). The highest BCUT2D eigenvalue weighted by atomic mass is 79.9. The SMILES string of the molecule is COc1cc([C@@H]2c3sc(=O)[nH]c3S[C@H]3C(=O)N(c4ccc(Br)cc4)C(=O)[C@@H]23)ccc1OCC(=O)N1CCCCC1. The van der Waals surface area contributed by atoms with E-state index < -0.39 is 17.1 Å². The minimum Gasteiger partial charge on any atom is -0.493 e. The number of fused-ring (bicyclic) bond motifs is 2. The van der Waals surface area contributed by atoms with Crippen molar-refractivity contribution in [1.29, 1.82) is 0 Å². The molecule has 1 aromatic heterocycles. The molecular formula is C28H26BrN3O6S2. The number of methoxy groups -OCH3 is 1. The zero-order chi connectivity index (χ0) is 28.0. The first kappa shape index (κ1) is 27.1. The number of nitrogens with one attached hydrogen (secondary N) is 1. The lowest BCUT2D eigenvalue weighted by Gasteiger charge is -2.30. The van der Waals surface area contributed by atoms with Gasteiger partial charge in [0, 0.05) is 28.4 Å². The lowest BCUT2D eigenvalue weighted by Crippen LogP contribution is -2.38. The molecule has 0 aliphatic carbocycles. The number of nitrogens with zero attached hydrogens (tertiary/aromatic N) is 2. The third-order valence-corrected chi connectivity index (χ3v) is 10.4. The summed E-state index contributed by atoms with van der Waals surface area (Å²) < 4.78 is 12.3. The highest BCUT2D eigenvalue weighted by Crippen LogP contribution is 2.53. The number of thioether (sulfide) groups is 1. The van der Waals surface area contributed by atoms with Gasteiger partial charge in [0.1, 0.15) is 5.25 Å². The minimum atomic E-state index is -0.711. The van der Waals surface area contributed by atoms with E-state index in [4.69, 9.17) is 9.47 Å². The molecule has 40 heavy (non-hydrogen) atoms. The van der Waals surface area contributed by atoms with Gasteiger partial charge in [-0.15, -0.1) is 0 Å². The zero-order valence-electron chi connectivity index (χ0n) is 21.6. The quantitative estimate of drug-likeness (QED) is 0.397. The summed E-state index contributed by atoms with van der Waals surface area (Å²) in [6.45, 7) is 1.39. The molecule has 208 valence electrons. The predicted octanol–water partition coefficient (Wildman–Crippen LogP) is 4.39. The molecule has 3 atom stereocenters. The van der Waals surface area contributed by atoms with Crippen molar-refractivity contribution >= 4 is 62.4 Å². The number of piperidine rings is 1. The number of H-pyrrole nitrogens is 1. The highest BCUT2D eigenvalue weighted by Gasteiger charge is 2.56. The molecule has 2 saturated heterocycles. The van der Waals surface area contributed by atoms with E-state index in [2.05, 4.69) is 20.9 Å². The number of anilines is 1. The van der Waals surface area contributed by atoms with Gasteiger partial charge in [-0.25, -0.2) is 4.90 Å². The normalized spacial score (nSPS) is 22.2. The van der Waals surface area contributed by atoms with Gasteiger partial charge >= 0.3 is 4.87 Å². The number of aromatic nitrogens is 1. The fourth-order valence-electron chi connectivity index (χ4n) is 5.59. The third-order valence-electron chi connectivity index (χ3n) is 7.52. The lowest BCUT2D eigenvalue weighted by atomic mass is 9.83. The number of amides is 3. The van der Waals surface area contributed by atoms with Gasteiger partial charge < -0.3 is 19.4 Å². The van der Waals surface area contributed by atoms with E-state index in [1.165, 1.54) is 23.8 Å². The molecule has 0 saturated carbocycles. The van der Waals surface area contributed by atoms with E-state index in [0.29, 0.717) is 27.1 Å². The molecule has 1 N–H and O–H groups in total. The van der Waals surface area contributed by atoms with Crippen molar-refractivity contribution in [1.82, 2.24) is 9.88 Å². The van der Waals surface area contributed by atoms with Crippen molar-refractivity contribution in [3.05, 3.63) is 67.0 Å². The summed E-state index contributed by atoms with van der Waals surface area (Å²) >= 11 is 5.68. The van der Waals surface area contributed by atoms with E-state index in [-0.39, 0.29) is 29.2 Å². The summed E-state index contributed by atoms with van der Waals surface area (Å²) in [6, 6.07) is 12.3. The number of thiazole rings is 1. The van der Waals surface area contributed by atoms with Crippen molar-refractivity contribution < 1.29 is 23.9 Å². The van der Waals surface area contributed by atoms with Gasteiger partial charge in [0.15, 0.2) is 18.1 Å². The Morgan fingerprint density at radius 1 is 1.02 bits per heavy atom. The van der Waals surface area contributed by atoms with Crippen LogP contribution in [0, 0.1) is 5.92 Å². The molecule has 2 fully saturated rings. The number of hydrogen-bond acceptors (Lipinski definition) is 8. The Kier molecular flexibility index (Phi) is 7.49. The van der Waals surface area contributed by atoms with Crippen LogP contribution in [-0.2, 0) is 14.4 Å². The van der Waals surface area contributed by atoms with Gasteiger partial charge in [0.05, 0.1) is 23.7 Å². The number of aromatic amines is 1. The van der Waals surface area contributed by atoms with Crippen LogP contribution >= 0.6 is 39.0 Å². The number of imide groups is 1. The molecule has 0 spiro atoms. The number of carbonyl (C=O) groups excluding carboxylic acids is 3. The average molecular weight is 645 g/mol. The second kappa shape index (κ2) is 11.1. The first-order valence-corrected chi connectivity index (χ1v) is 15.5. The number of benzene rings is 2. The van der Waals surface area contributed by atoms with Crippen molar-refractivity contribution in [3.8, 4) is 11.5 Å². The van der Waals surface area contributed by atoms with Crippen LogP contribution in [0.25, 0.3) is 0 Å². The summed E-state index contributed by atoms with van der Waals surface area (Å²) in [4.78, 5) is 58.9. The first-order valence-electron chi connectivity index (χ1n) is 13.0. The summed E-state index contributed by atoms with van der Waals surface area (Å²) in [5.41, 5.74) is 1.22. The van der Waals surface area contributed by atoms with Gasteiger partial charge in [-0.2, -0.15) is 0 Å². The number of likely N-dealkylation sites (tertiary alicyclic amines) is 1. The van der Waals surface area contributed by atoms with Crippen molar-refractivity contribution in [2.45, 2.75) is 35.5 Å². The largest absolute Gasteiger partial charge is 0.493 e. The van der Waals surface area contributed by atoms with Gasteiger partial charge in [-0.05, 0) is 61.2 Å². The molecule has 3 amide bonds. The average Bonchev–Trinajstić information content (AvgIpc) is 3.46. The Bertz CT molecular complexity index is 1530. The van der Waals surface area contributed by atoms with Crippen LogP contribution in [0.4, 0.5) is 5.69 Å². The molecule has 9 nitrogen and oxygen atoms in total. The Morgan fingerprint density at radius 2 is 1.77 bits per heavy atom. The van der Waals surface area contributed by atoms with Crippen molar-refractivity contribution in [2.75, 3.05) is 31.7 Å². The second-order valence-corrected chi connectivity index (χ2v) is 13.0. The van der Waals surface area contributed by atoms with Gasteiger partial charge in [-0.1, -0.05) is 45.1 Å². The van der Waals surface area contributed by atoms with E-state index in [0.717, 1.165) is 53.7 Å². The first-order chi connectivity index (χ1) is 19.4. The summed E-state index contributed by atoms with van der Waals surface area (Å²) in [7, 11) is 1.51. The van der Waals surface area contributed by atoms with Crippen LogP contribution in [0.3, 0.4) is 0 Å². The predicted molar refractivity (Wildman–Crippen MR) is 155 cm³/mol. The van der Waals surface area contributed by atoms with E-state index in [9.17, 15) is 19.2 Å². The smallest absolute Gasteiger partial charge is 0.305 e. The zero-order valence-corrected chi connectivity index (χ0v) is 24.8. The number of hydrogen-bond donors (Lipinski definition) is 1. The maximum atomic E-state index is 13.9.